The highest BCUT2D eigenvalue weighted by Crippen LogP contribution is 2.30. The van der Waals surface area contributed by atoms with Crippen LogP contribution < -0.4 is 5.32 Å². The van der Waals surface area contributed by atoms with Gasteiger partial charge in [0.15, 0.2) is 0 Å². The molecule has 138 valence electrons. The molecule has 0 aliphatic carbocycles. The Bertz CT molecular complexity index is 931. The number of likely N-dealkylation sites (N-methyl/N-ethyl adjacent to an activating group) is 1. The molecule has 0 spiro atoms. The van der Waals surface area contributed by atoms with Gasteiger partial charge in [-0.25, -0.2) is 0 Å². The minimum Gasteiger partial charge on any atom is -0.358 e. The molecule has 1 aromatic heterocycles. The predicted octanol–water partition coefficient (Wildman–Crippen LogP) is 3.24. The van der Waals surface area contributed by atoms with Crippen molar-refractivity contribution < 1.29 is 4.79 Å². The lowest BCUT2D eigenvalue weighted by Crippen LogP contribution is -2.46. The Kier molecular flexibility index (Phi) is 4.77. The van der Waals surface area contributed by atoms with Crippen molar-refractivity contribution in [2.24, 2.45) is 0 Å². The van der Waals surface area contributed by atoms with Crippen molar-refractivity contribution in [3.63, 3.8) is 0 Å². The van der Waals surface area contributed by atoms with Crippen LogP contribution >= 0.6 is 0 Å². The number of carbonyl (C=O) groups is 1. The summed E-state index contributed by atoms with van der Waals surface area (Å²) in [5.41, 5.74) is 6.86. The van der Waals surface area contributed by atoms with Crippen molar-refractivity contribution in [2.75, 3.05) is 13.6 Å². The van der Waals surface area contributed by atoms with Crippen molar-refractivity contribution in [3.05, 3.63) is 65.9 Å². The number of H-pyrrole nitrogens is 1. The van der Waals surface area contributed by atoms with E-state index >= 15 is 0 Å². The van der Waals surface area contributed by atoms with E-state index < -0.39 is 0 Å². The number of nitrogens with one attached hydrogen (secondary N) is 2. The monoisotopic (exact) mass is 360 g/mol. The summed E-state index contributed by atoms with van der Waals surface area (Å²) in [5.74, 6) is 0.0516. The van der Waals surface area contributed by atoms with Crippen LogP contribution in [-0.2, 0) is 17.8 Å². The van der Waals surface area contributed by atoms with Crippen LogP contribution in [0.2, 0.25) is 0 Å². The number of amides is 1. The fraction of sp³-hybridized carbons (Fsp3) is 0.273. The second kappa shape index (κ2) is 7.37. The molecule has 0 saturated heterocycles. The van der Waals surface area contributed by atoms with E-state index in [1.807, 2.05) is 13.0 Å². The lowest BCUT2D eigenvalue weighted by atomic mass is 9.98. The zero-order chi connectivity index (χ0) is 18.8. The Morgan fingerprint density at radius 3 is 2.44 bits per heavy atom. The van der Waals surface area contributed by atoms with Crippen molar-refractivity contribution in [1.82, 2.24) is 20.4 Å². The first kappa shape index (κ1) is 17.5. The highest BCUT2D eigenvalue weighted by molar-refractivity contribution is 5.81. The number of rotatable bonds is 4. The smallest absolute Gasteiger partial charge is 0.236 e. The third-order valence-electron chi connectivity index (χ3n) is 5.40. The molecule has 0 fully saturated rings. The molecule has 3 aromatic rings. The number of hydrogen-bond donors (Lipinski definition) is 2. The Morgan fingerprint density at radius 2 is 1.74 bits per heavy atom. The van der Waals surface area contributed by atoms with Gasteiger partial charge in [-0.05, 0) is 18.1 Å². The fourth-order valence-corrected chi connectivity index (χ4v) is 3.71. The van der Waals surface area contributed by atoms with E-state index in [0.717, 1.165) is 30.8 Å². The van der Waals surface area contributed by atoms with Gasteiger partial charge in [0, 0.05) is 43.4 Å². The zero-order valence-corrected chi connectivity index (χ0v) is 15.7. The molecule has 1 aliphatic rings. The summed E-state index contributed by atoms with van der Waals surface area (Å²) in [6.07, 6.45) is 0.881. The molecule has 27 heavy (non-hydrogen) atoms. The predicted molar refractivity (Wildman–Crippen MR) is 107 cm³/mol. The summed E-state index contributed by atoms with van der Waals surface area (Å²) in [6, 6.07) is 18.7. The summed E-state index contributed by atoms with van der Waals surface area (Å²) in [5, 5.41) is 10.5. The van der Waals surface area contributed by atoms with Crippen molar-refractivity contribution in [2.45, 2.75) is 25.9 Å². The third kappa shape index (κ3) is 3.38. The van der Waals surface area contributed by atoms with E-state index in [0.29, 0.717) is 0 Å². The van der Waals surface area contributed by atoms with E-state index in [1.165, 1.54) is 22.4 Å². The molecule has 5 nitrogen and oxygen atoms in total. The summed E-state index contributed by atoms with van der Waals surface area (Å²) in [6.45, 7) is 3.55. The van der Waals surface area contributed by atoms with Gasteiger partial charge < -0.3 is 5.32 Å². The van der Waals surface area contributed by atoms with Crippen LogP contribution in [0.5, 0.6) is 0 Å². The van der Waals surface area contributed by atoms with Gasteiger partial charge in [-0.3, -0.25) is 14.8 Å². The summed E-state index contributed by atoms with van der Waals surface area (Å²) < 4.78 is 0. The van der Waals surface area contributed by atoms with Crippen molar-refractivity contribution in [3.8, 4) is 22.4 Å². The molecule has 0 unspecified atom stereocenters. The molecule has 1 atom stereocenters. The van der Waals surface area contributed by atoms with E-state index in [9.17, 15) is 4.79 Å². The average Bonchev–Trinajstić information content (AvgIpc) is 3.16. The number of nitrogens with zero attached hydrogens (tertiary/aromatic N) is 2. The van der Waals surface area contributed by atoms with Crippen molar-refractivity contribution >= 4 is 5.91 Å². The van der Waals surface area contributed by atoms with E-state index in [4.69, 9.17) is 0 Å². The number of carbonyl (C=O) groups excluding carboxylic acids is 1. The number of aromatic nitrogens is 2. The molecule has 1 amide bonds. The Hall–Kier alpha value is -2.92. The highest BCUT2D eigenvalue weighted by Gasteiger charge is 2.28. The molecule has 2 N–H and O–H groups in total. The van der Waals surface area contributed by atoms with Crippen molar-refractivity contribution in [1.29, 1.82) is 0 Å². The molecule has 0 saturated carbocycles. The van der Waals surface area contributed by atoms with Gasteiger partial charge in [-0.1, -0.05) is 54.6 Å². The zero-order valence-electron chi connectivity index (χ0n) is 15.7. The van der Waals surface area contributed by atoms with E-state index in [2.05, 4.69) is 68.9 Å². The summed E-state index contributed by atoms with van der Waals surface area (Å²) in [7, 11) is 1.69. The molecule has 4 rings (SSSR count). The number of hydrogen-bond acceptors (Lipinski definition) is 3. The highest BCUT2D eigenvalue weighted by atomic mass is 16.2. The molecule has 0 radical (unpaired) electrons. The van der Waals surface area contributed by atoms with Gasteiger partial charge in [0.25, 0.3) is 0 Å². The van der Waals surface area contributed by atoms with Gasteiger partial charge in [0.2, 0.25) is 5.91 Å². The first-order valence-electron chi connectivity index (χ1n) is 9.35. The molecule has 2 heterocycles. The number of benzene rings is 2. The standard InChI is InChI=1S/C22H24N4O/c1-15(22(27)23-2)26-13-12-20-19(14-26)21(25-24-20)18-10-8-17(9-11-18)16-6-4-3-5-7-16/h3-11,15H,12-14H2,1-2H3,(H,23,27)(H,24,25)/t15-/m1/s1. The first-order chi connectivity index (χ1) is 13.2. The maximum Gasteiger partial charge on any atom is 0.236 e. The van der Waals surface area contributed by atoms with Crippen LogP contribution in [0.1, 0.15) is 18.2 Å². The summed E-state index contributed by atoms with van der Waals surface area (Å²) in [4.78, 5) is 14.2. The minimum absolute atomic E-state index is 0.0516. The van der Waals surface area contributed by atoms with Gasteiger partial charge in [0.1, 0.15) is 0 Å². The Balaban J connectivity index is 1.60. The van der Waals surface area contributed by atoms with Crippen LogP contribution in [0.25, 0.3) is 22.4 Å². The van der Waals surface area contributed by atoms with Crippen LogP contribution in [0.4, 0.5) is 0 Å². The van der Waals surface area contributed by atoms with Crippen LogP contribution in [0.3, 0.4) is 0 Å². The fourth-order valence-electron chi connectivity index (χ4n) is 3.71. The molecule has 5 heteroatoms. The molecular weight excluding hydrogens is 336 g/mol. The minimum atomic E-state index is -0.147. The second-order valence-electron chi connectivity index (χ2n) is 6.98. The second-order valence-corrected chi connectivity index (χ2v) is 6.98. The molecule has 1 aliphatic heterocycles. The van der Waals surface area contributed by atoms with Gasteiger partial charge in [-0.15, -0.1) is 0 Å². The van der Waals surface area contributed by atoms with Crippen LogP contribution in [-0.4, -0.2) is 40.6 Å². The molecule has 2 aromatic carbocycles. The largest absolute Gasteiger partial charge is 0.358 e. The van der Waals surface area contributed by atoms with Crippen LogP contribution in [0.15, 0.2) is 54.6 Å². The summed E-state index contributed by atoms with van der Waals surface area (Å²) >= 11 is 0. The maximum absolute atomic E-state index is 12.0. The molecule has 0 bridgehead atoms. The number of fused-ring (bicyclic) bond motifs is 1. The lowest BCUT2D eigenvalue weighted by Gasteiger charge is -2.31. The number of aromatic amines is 1. The maximum atomic E-state index is 12.0. The van der Waals surface area contributed by atoms with Gasteiger partial charge in [-0.2, -0.15) is 5.10 Å². The van der Waals surface area contributed by atoms with Gasteiger partial charge >= 0.3 is 0 Å². The Labute approximate surface area is 159 Å². The lowest BCUT2D eigenvalue weighted by molar-refractivity contribution is -0.125. The normalized spacial score (nSPS) is 15.2. The topological polar surface area (TPSA) is 61.0 Å². The Morgan fingerprint density at radius 1 is 1.07 bits per heavy atom. The van der Waals surface area contributed by atoms with Gasteiger partial charge in [0.05, 0.1) is 11.7 Å². The quantitative estimate of drug-likeness (QED) is 0.751. The third-order valence-corrected chi connectivity index (χ3v) is 5.40. The van der Waals surface area contributed by atoms with E-state index in [-0.39, 0.29) is 11.9 Å². The first-order valence-corrected chi connectivity index (χ1v) is 9.35. The SMILES string of the molecule is CNC(=O)[C@@H](C)N1CCc2[nH]nc(-c3ccc(-c4ccccc4)cc3)c2C1. The van der Waals surface area contributed by atoms with E-state index in [1.54, 1.807) is 7.05 Å². The average molecular weight is 360 g/mol. The molecular formula is C22H24N4O. The van der Waals surface area contributed by atoms with Crippen LogP contribution in [0, 0.1) is 0 Å².